The lowest BCUT2D eigenvalue weighted by Gasteiger charge is -2.16. The van der Waals surface area contributed by atoms with Crippen molar-refractivity contribution in [3.63, 3.8) is 0 Å². The summed E-state index contributed by atoms with van der Waals surface area (Å²) >= 11 is 0. The average molecular weight is 450 g/mol. The highest BCUT2D eigenvalue weighted by Gasteiger charge is 2.32. The second kappa shape index (κ2) is 8.48. The molecular weight excluding hydrogens is 428 g/mol. The molecule has 0 saturated heterocycles. The van der Waals surface area contributed by atoms with Gasteiger partial charge in [0.15, 0.2) is 6.61 Å². The minimum atomic E-state index is -0.669. The van der Waals surface area contributed by atoms with Crippen LogP contribution < -0.4 is 0 Å². The lowest BCUT2D eigenvalue weighted by Crippen LogP contribution is -2.31. The van der Waals surface area contributed by atoms with Crippen LogP contribution in [0.15, 0.2) is 85.4 Å². The minimum absolute atomic E-state index is 0.302. The highest BCUT2D eigenvalue weighted by atomic mass is 16.5. The van der Waals surface area contributed by atoms with Gasteiger partial charge in [0.25, 0.3) is 5.91 Å². The fourth-order valence-electron chi connectivity index (χ4n) is 4.50. The van der Waals surface area contributed by atoms with E-state index in [9.17, 15) is 14.4 Å². The van der Waals surface area contributed by atoms with Crippen LogP contribution in [0.4, 0.5) is 0 Å². The highest BCUT2D eigenvalue weighted by Crippen LogP contribution is 2.34. The van der Waals surface area contributed by atoms with Crippen molar-refractivity contribution in [1.82, 2.24) is 9.47 Å². The topological polar surface area (TPSA) is 68.6 Å². The molecule has 34 heavy (non-hydrogen) atoms. The molecule has 0 saturated carbocycles. The summed E-state index contributed by atoms with van der Waals surface area (Å²) in [6.07, 6.45) is 0. The molecule has 0 radical (unpaired) electrons. The van der Waals surface area contributed by atoms with Crippen molar-refractivity contribution in [2.75, 3.05) is 13.2 Å². The molecule has 4 aromatic rings. The van der Waals surface area contributed by atoms with E-state index in [1.165, 1.54) is 4.90 Å². The number of ether oxygens (including phenoxy) is 1. The van der Waals surface area contributed by atoms with Gasteiger partial charge in [0.05, 0.1) is 11.3 Å². The molecule has 0 N–H and O–H groups in total. The van der Waals surface area contributed by atoms with Crippen molar-refractivity contribution < 1.29 is 19.1 Å². The van der Waals surface area contributed by atoms with E-state index in [2.05, 4.69) is 6.58 Å². The Balaban J connectivity index is 1.37. The first-order valence-corrected chi connectivity index (χ1v) is 10.9. The van der Waals surface area contributed by atoms with Gasteiger partial charge in [-0.3, -0.25) is 19.3 Å². The van der Waals surface area contributed by atoms with Gasteiger partial charge in [-0.25, -0.2) is 0 Å². The molecule has 0 fully saturated rings. The number of Topliss-reactive ketones (excluding diaryl/α,β-unsaturated/α-hetero) is 1. The molecule has 2 heterocycles. The summed E-state index contributed by atoms with van der Waals surface area (Å²) in [6.45, 7) is 3.21. The third-order valence-corrected chi connectivity index (χ3v) is 6.12. The summed E-state index contributed by atoms with van der Waals surface area (Å²) in [5.74, 6) is -1.28. The van der Waals surface area contributed by atoms with E-state index in [0.717, 1.165) is 22.2 Å². The number of carbonyl (C=O) groups excluding carboxylic acids is 3. The van der Waals surface area contributed by atoms with Crippen molar-refractivity contribution in [3.05, 3.63) is 102 Å². The standard InChI is InChI=1S/C28H22N2O4/c1-18-20-12-6-7-13-21(20)28(33)30(18)16-25(32)34-17-24(31)26-22-14-8-9-15-23(22)29(2)27(26)19-10-4-3-5-11-19/h3-15H,1,16-17H2,2H3. The van der Waals surface area contributed by atoms with E-state index in [1.807, 2.05) is 72.3 Å². The number of rotatable bonds is 6. The molecule has 0 aliphatic carbocycles. The van der Waals surface area contributed by atoms with E-state index >= 15 is 0 Å². The number of para-hydroxylation sites is 1. The number of amides is 1. The van der Waals surface area contributed by atoms with Crippen LogP contribution in [-0.4, -0.2) is 40.3 Å². The number of fused-ring (bicyclic) bond motifs is 2. The Bertz CT molecular complexity index is 1430. The molecule has 0 spiro atoms. The van der Waals surface area contributed by atoms with Gasteiger partial charge in [-0.15, -0.1) is 0 Å². The Morgan fingerprint density at radius 2 is 1.53 bits per heavy atom. The smallest absolute Gasteiger partial charge is 0.326 e. The molecular formula is C28H22N2O4. The Hall–Kier alpha value is -4.45. The molecule has 1 aliphatic heterocycles. The van der Waals surface area contributed by atoms with Gasteiger partial charge in [-0.2, -0.15) is 0 Å². The molecule has 6 heteroatoms. The molecule has 168 valence electrons. The van der Waals surface area contributed by atoms with Crippen LogP contribution in [0.1, 0.15) is 26.3 Å². The zero-order valence-corrected chi connectivity index (χ0v) is 18.7. The summed E-state index contributed by atoms with van der Waals surface area (Å²) < 4.78 is 7.31. The third kappa shape index (κ3) is 3.49. The van der Waals surface area contributed by atoms with Gasteiger partial charge in [0, 0.05) is 34.8 Å². The van der Waals surface area contributed by atoms with Crippen molar-refractivity contribution in [2.45, 2.75) is 0 Å². The first kappa shape index (κ1) is 21.4. The van der Waals surface area contributed by atoms with Crippen LogP contribution in [0, 0.1) is 0 Å². The lowest BCUT2D eigenvalue weighted by molar-refractivity contribution is -0.142. The third-order valence-electron chi connectivity index (χ3n) is 6.12. The number of hydrogen-bond donors (Lipinski definition) is 0. The predicted octanol–water partition coefficient (Wildman–Crippen LogP) is 4.70. The second-order valence-corrected chi connectivity index (χ2v) is 8.13. The van der Waals surface area contributed by atoms with Crippen molar-refractivity contribution in [2.24, 2.45) is 7.05 Å². The van der Waals surface area contributed by atoms with E-state index in [-0.39, 0.29) is 18.2 Å². The number of esters is 1. The molecule has 1 aromatic heterocycles. The largest absolute Gasteiger partial charge is 0.456 e. The van der Waals surface area contributed by atoms with Crippen molar-refractivity contribution >= 4 is 34.3 Å². The summed E-state index contributed by atoms with van der Waals surface area (Å²) in [6, 6.07) is 24.3. The number of hydrogen-bond acceptors (Lipinski definition) is 4. The monoisotopic (exact) mass is 450 g/mol. The SMILES string of the molecule is C=C1c2ccccc2C(=O)N1CC(=O)OCC(=O)c1c(-c2ccccc2)n(C)c2ccccc12. The van der Waals surface area contributed by atoms with Gasteiger partial charge in [0.1, 0.15) is 6.54 Å². The molecule has 3 aromatic carbocycles. The van der Waals surface area contributed by atoms with Crippen LogP contribution in [0.3, 0.4) is 0 Å². The molecule has 1 aliphatic rings. The summed E-state index contributed by atoms with van der Waals surface area (Å²) in [5, 5.41) is 0.795. The predicted molar refractivity (Wildman–Crippen MR) is 130 cm³/mol. The van der Waals surface area contributed by atoms with Crippen LogP contribution in [0.2, 0.25) is 0 Å². The zero-order chi connectivity index (χ0) is 23.8. The number of carbonyl (C=O) groups is 3. The summed E-state index contributed by atoms with van der Waals surface area (Å²) in [7, 11) is 1.91. The van der Waals surface area contributed by atoms with Crippen LogP contribution >= 0.6 is 0 Å². The van der Waals surface area contributed by atoms with Gasteiger partial charge in [-0.05, 0) is 17.7 Å². The molecule has 0 bridgehead atoms. The first-order valence-electron chi connectivity index (χ1n) is 10.9. The van der Waals surface area contributed by atoms with Crippen LogP contribution in [0.5, 0.6) is 0 Å². The molecule has 0 unspecified atom stereocenters. The minimum Gasteiger partial charge on any atom is -0.456 e. The molecule has 6 nitrogen and oxygen atoms in total. The quantitative estimate of drug-likeness (QED) is 0.316. The van der Waals surface area contributed by atoms with Gasteiger partial charge >= 0.3 is 5.97 Å². The fourth-order valence-corrected chi connectivity index (χ4v) is 4.50. The Morgan fingerprint density at radius 3 is 2.26 bits per heavy atom. The van der Waals surface area contributed by atoms with Crippen LogP contribution in [-0.2, 0) is 16.6 Å². The van der Waals surface area contributed by atoms with E-state index < -0.39 is 12.6 Å². The van der Waals surface area contributed by atoms with E-state index in [4.69, 9.17) is 4.74 Å². The van der Waals surface area contributed by atoms with Crippen molar-refractivity contribution in [3.8, 4) is 11.3 Å². The van der Waals surface area contributed by atoms with Gasteiger partial charge in [0.2, 0.25) is 5.78 Å². The maximum Gasteiger partial charge on any atom is 0.326 e. The summed E-state index contributed by atoms with van der Waals surface area (Å²) in [5.41, 5.74) is 4.72. The molecule has 5 rings (SSSR count). The number of aromatic nitrogens is 1. The number of benzene rings is 3. The van der Waals surface area contributed by atoms with E-state index in [0.29, 0.717) is 22.4 Å². The first-order chi connectivity index (χ1) is 16.5. The summed E-state index contributed by atoms with van der Waals surface area (Å²) in [4.78, 5) is 39.8. The molecule has 0 atom stereocenters. The van der Waals surface area contributed by atoms with Gasteiger partial charge < -0.3 is 9.30 Å². The number of ketones is 1. The van der Waals surface area contributed by atoms with Crippen LogP contribution in [0.25, 0.3) is 27.9 Å². The normalized spacial score (nSPS) is 12.8. The van der Waals surface area contributed by atoms with Gasteiger partial charge in [-0.1, -0.05) is 73.3 Å². The second-order valence-electron chi connectivity index (χ2n) is 8.13. The Labute approximate surface area is 196 Å². The molecule has 1 amide bonds. The van der Waals surface area contributed by atoms with E-state index in [1.54, 1.807) is 18.2 Å². The maximum absolute atomic E-state index is 13.3. The Morgan fingerprint density at radius 1 is 0.882 bits per heavy atom. The fraction of sp³-hybridized carbons (Fsp3) is 0.107. The Kier molecular flexibility index (Phi) is 5.34. The number of aryl methyl sites for hydroxylation is 1. The maximum atomic E-state index is 13.3. The number of nitrogens with zero attached hydrogens (tertiary/aromatic N) is 2. The lowest BCUT2D eigenvalue weighted by atomic mass is 10.0. The average Bonchev–Trinajstić information content (AvgIpc) is 3.30. The highest BCUT2D eigenvalue weighted by molar-refractivity contribution is 6.14. The van der Waals surface area contributed by atoms with Crippen molar-refractivity contribution in [1.29, 1.82) is 0 Å². The zero-order valence-electron chi connectivity index (χ0n) is 18.7.